The zero-order valence-electron chi connectivity index (χ0n) is 21.1. The van der Waals surface area contributed by atoms with Crippen LogP contribution in [0, 0.1) is 0 Å². The molecule has 0 bridgehead atoms. The summed E-state index contributed by atoms with van der Waals surface area (Å²) >= 11 is 0. The molecule has 0 aliphatic rings. The molecule has 39 heavy (non-hydrogen) atoms. The molecule has 0 aliphatic heterocycles. The predicted molar refractivity (Wildman–Crippen MR) is 138 cm³/mol. The Hall–Kier alpha value is -5.12. The average molecular weight is 535 g/mol. The van der Waals surface area contributed by atoms with E-state index in [0.717, 1.165) is 6.08 Å². The van der Waals surface area contributed by atoms with E-state index in [9.17, 15) is 19.2 Å². The van der Waals surface area contributed by atoms with Crippen LogP contribution < -0.4 is 18.9 Å². The van der Waals surface area contributed by atoms with Crippen molar-refractivity contribution in [3.8, 4) is 23.0 Å². The molecule has 0 atom stereocenters. The van der Waals surface area contributed by atoms with E-state index in [1.807, 2.05) is 0 Å². The summed E-state index contributed by atoms with van der Waals surface area (Å²) in [6.45, 7) is 3.58. The Labute approximate surface area is 224 Å². The van der Waals surface area contributed by atoms with Gasteiger partial charge in [0.15, 0.2) is 0 Å². The van der Waals surface area contributed by atoms with Gasteiger partial charge in [0.1, 0.15) is 23.0 Å². The molecule has 0 spiro atoms. The number of carbonyl (C=O) groups is 4. The number of esters is 3. The van der Waals surface area contributed by atoms with E-state index >= 15 is 0 Å². The molecule has 202 valence electrons. The third-order valence-corrected chi connectivity index (χ3v) is 5.03. The zero-order valence-corrected chi connectivity index (χ0v) is 21.1. The number of hydrogen-bond donors (Lipinski definition) is 0. The van der Waals surface area contributed by atoms with Gasteiger partial charge in [-0.3, -0.25) is 0 Å². The molecule has 0 amide bonds. The lowest BCUT2D eigenvalue weighted by atomic mass is 10.2. The molecule has 0 aromatic heterocycles. The van der Waals surface area contributed by atoms with Crippen LogP contribution in [0.25, 0.3) is 0 Å². The number of unbranched alkanes of at least 4 members (excludes halogenated alkanes) is 1. The van der Waals surface area contributed by atoms with Crippen molar-refractivity contribution in [2.45, 2.75) is 12.8 Å². The molecule has 3 aromatic rings. The van der Waals surface area contributed by atoms with E-state index in [1.54, 1.807) is 24.3 Å². The van der Waals surface area contributed by atoms with Crippen molar-refractivity contribution in [2.75, 3.05) is 20.3 Å². The van der Waals surface area contributed by atoms with Gasteiger partial charge < -0.3 is 28.4 Å². The second kappa shape index (κ2) is 14.6. The summed E-state index contributed by atoms with van der Waals surface area (Å²) in [6.07, 6.45) is 1.16. The first-order valence-corrected chi connectivity index (χ1v) is 11.8. The maximum Gasteiger partial charge on any atom is 0.513 e. The molecule has 3 aromatic carbocycles. The number of methoxy groups -OCH3 is 1. The van der Waals surface area contributed by atoms with E-state index in [1.165, 1.54) is 55.6 Å². The summed E-state index contributed by atoms with van der Waals surface area (Å²) in [7, 11) is 1.54. The molecule has 0 N–H and O–H groups in total. The average Bonchev–Trinajstić information content (AvgIpc) is 2.95. The van der Waals surface area contributed by atoms with Crippen molar-refractivity contribution in [1.82, 2.24) is 0 Å². The van der Waals surface area contributed by atoms with Crippen molar-refractivity contribution in [1.29, 1.82) is 0 Å². The highest BCUT2D eigenvalue weighted by Crippen LogP contribution is 2.20. The third-order valence-electron chi connectivity index (χ3n) is 5.03. The van der Waals surface area contributed by atoms with E-state index in [-0.39, 0.29) is 35.8 Å². The van der Waals surface area contributed by atoms with Gasteiger partial charge >= 0.3 is 24.1 Å². The quantitative estimate of drug-likeness (QED) is 0.101. The summed E-state index contributed by atoms with van der Waals surface area (Å²) < 4.78 is 30.5. The van der Waals surface area contributed by atoms with Gasteiger partial charge in [-0.2, -0.15) is 0 Å². The normalized spacial score (nSPS) is 10.1. The van der Waals surface area contributed by atoms with Crippen LogP contribution in [-0.2, 0) is 14.3 Å². The standard InChI is InChI=1S/C29H26O10/c1-3-26(30)35-18-4-5-19-36-29(33)39-25-12-8-21(9-13-25)27(31)37-23-10-6-20(7-11-23)28(32)38-24-16-14-22(34-2)15-17-24/h3,6-17H,1,4-5,18-19H2,2H3. The van der Waals surface area contributed by atoms with Crippen molar-refractivity contribution in [2.24, 2.45) is 0 Å². The van der Waals surface area contributed by atoms with Gasteiger partial charge in [0.2, 0.25) is 0 Å². The van der Waals surface area contributed by atoms with Crippen LogP contribution >= 0.6 is 0 Å². The summed E-state index contributed by atoms with van der Waals surface area (Å²) in [5.74, 6) is -0.319. The molecule has 0 saturated carbocycles. The Morgan fingerprint density at radius 3 is 1.49 bits per heavy atom. The Bertz CT molecular complexity index is 1280. The first-order chi connectivity index (χ1) is 18.9. The predicted octanol–water partition coefficient (Wildman–Crippen LogP) is 5.16. The zero-order chi connectivity index (χ0) is 28.0. The minimum Gasteiger partial charge on any atom is -0.497 e. The molecular weight excluding hydrogens is 508 g/mol. The first-order valence-electron chi connectivity index (χ1n) is 11.8. The Morgan fingerprint density at radius 2 is 1.03 bits per heavy atom. The summed E-state index contributed by atoms with van der Waals surface area (Å²) in [4.78, 5) is 47.5. The van der Waals surface area contributed by atoms with Gasteiger partial charge in [0.05, 0.1) is 31.5 Å². The lowest BCUT2D eigenvalue weighted by Gasteiger charge is -2.08. The number of hydrogen-bond acceptors (Lipinski definition) is 10. The fraction of sp³-hybridized carbons (Fsp3) is 0.172. The highest BCUT2D eigenvalue weighted by atomic mass is 16.7. The molecule has 0 saturated heterocycles. The maximum absolute atomic E-state index is 12.5. The number of rotatable bonds is 12. The first kappa shape index (κ1) is 28.5. The third kappa shape index (κ3) is 9.36. The van der Waals surface area contributed by atoms with Gasteiger partial charge in [-0.25, -0.2) is 19.2 Å². The highest BCUT2D eigenvalue weighted by Gasteiger charge is 2.13. The van der Waals surface area contributed by atoms with Crippen molar-refractivity contribution in [3.63, 3.8) is 0 Å². The van der Waals surface area contributed by atoms with E-state index in [0.29, 0.717) is 24.3 Å². The molecule has 0 heterocycles. The van der Waals surface area contributed by atoms with Crippen LogP contribution in [0.4, 0.5) is 4.79 Å². The molecule has 0 fully saturated rings. The molecule has 10 heteroatoms. The van der Waals surface area contributed by atoms with E-state index in [2.05, 4.69) is 6.58 Å². The van der Waals surface area contributed by atoms with Crippen LogP contribution in [0.3, 0.4) is 0 Å². The molecular formula is C29H26O10. The van der Waals surface area contributed by atoms with Gasteiger partial charge in [-0.15, -0.1) is 0 Å². The Balaban J connectivity index is 1.42. The van der Waals surface area contributed by atoms with Crippen LogP contribution in [0.2, 0.25) is 0 Å². The maximum atomic E-state index is 12.5. The molecule has 0 unspecified atom stereocenters. The molecule has 10 nitrogen and oxygen atoms in total. The van der Waals surface area contributed by atoms with Crippen molar-refractivity contribution in [3.05, 3.63) is 96.6 Å². The minimum atomic E-state index is -0.904. The highest BCUT2D eigenvalue weighted by molar-refractivity contribution is 5.92. The Morgan fingerprint density at radius 1 is 0.615 bits per heavy atom. The minimum absolute atomic E-state index is 0.0902. The van der Waals surface area contributed by atoms with Crippen LogP contribution in [-0.4, -0.2) is 44.4 Å². The van der Waals surface area contributed by atoms with Crippen molar-refractivity contribution >= 4 is 24.1 Å². The Kier molecular flexibility index (Phi) is 10.6. The topological polar surface area (TPSA) is 124 Å². The van der Waals surface area contributed by atoms with Gasteiger partial charge in [-0.1, -0.05) is 6.58 Å². The molecule has 0 aliphatic carbocycles. The lowest BCUT2D eigenvalue weighted by Crippen LogP contribution is -2.13. The van der Waals surface area contributed by atoms with Gasteiger partial charge in [0, 0.05) is 6.08 Å². The van der Waals surface area contributed by atoms with Crippen LogP contribution in [0.5, 0.6) is 23.0 Å². The molecule has 0 radical (unpaired) electrons. The van der Waals surface area contributed by atoms with E-state index < -0.39 is 24.1 Å². The second-order valence-corrected chi connectivity index (χ2v) is 7.78. The number of carbonyl (C=O) groups excluding carboxylic acids is 4. The second-order valence-electron chi connectivity index (χ2n) is 7.78. The fourth-order valence-corrected chi connectivity index (χ4v) is 3.01. The lowest BCUT2D eigenvalue weighted by molar-refractivity contribution is -0.137. The van der Waals surface area contributed by atoms with Gasteiger partial charge in [-0.05, 0) is 85.6 Å². The summed E-state index contributed by atoms with van der Waals surface area (Å²) in [6, 6.07) is 18.2. The monoisotopic (exact) mass is 534 g/mol. The number of ether oxygens (including phenoxy) is 6. The van der Waals surface area contributed by atoms with Crippen LogP contribution in [0.15, 0.2) is 85.5 Å². The summed E-state index contributed by atoms with van der Waals surface area (Å²) in [5, 5.41) is 0. The largest absolute Gasteiger partial charge is 0.513 e. The number of benzene rings is 3. The van der Waals surface area contributed by atoms with Gasteiger partial charge in [0.25, 0.3) is 0 Å². The van der Waals surface area contributed by atoms with E-state index in [4.69, 9.17) is 28.4 Å². The fourth-order valence-electron chi connectivity index (χ4n) is 3.01. The molecule has 3 rings (SSSR count). The van der Waals surface area contributed by atoms with Crippen molar-refractivity contribution < 1.29 is 47.6 Å². The SMILES string of the molecule is C=CC(=O)OCCCCOC(=O)Oc1ccc(C(=O)Oc2ccc(C(=O)Oc3ccc(OC)cc3)cc2)cc1. The smallest absolute Gasteiger partial charge is 0.497 e. The van der Waals surface area contributed by atoms with Crippen LogP contribution in [0.1, 0.15) is 33.6 Å². The summed E-state index contributed by atoms with van der Waals surface area (Å²) in [5.41, 5.74) is 0.489.